The lowest BCUT2D eigenvalue weighted by molar-refractivity contribution is 0.0983. The van der Waals surface area contributed by atoms with Crippen LogP contribution in [0.15, 0.2) is 53.3 Å². The zero-order chi connectivity index (χ0) is 18.8. The molecule has 0 unspecified atom stereocenters. The molecule has 5 nitrogen and oxygen atoms in total. The summed E-state index contributed by atoms with van der Waals surface area (Å²) in [6.45, 7) is 2.27. The number of carbonyl (C=O) groups excluding carboxylic acids is 1. The van der Waals surface area contributed by atoms with E-state index in [9.17, 15) is 9.59 Å². The number of methoxy groups -OCH3 is 1. The van der Waals surface area contributed by atoms with E-state index < -0.39 is 11.5 Å². The number of nitrogens with zero attached hydrogens (tertiary/aromatic N) is 2. The van der Waals surface area contributed by atoms with E-state index in [1.807, 2.05) is 37.3 Å². The number of pyridine rings is 1. The van der Waals surface area contributed by atoms with Crippen molar-refractivity contribution in [2.75, 3.05) is 18.6 Å². The highest BCUT2D eigenvalue weighted by Crippen LogP contribution is 2.34. The van der Waals surface area contributed by atoms with Gasteiger partial charge in [0.1, 0.15) is 11.3 Å². The van der Waals surface area contributed by atoms with Gasteiger partial charge in [-0.3, -0.25) is 9.59 Å². The van der Waals surface area contributed by atoms with E-state index in [2.05, 4.69) is 0 Å². The van der Waals surface area contributed by atoms with Gasteiger partial charge in [0, 0.05) is 19.3 Å². The van der Waals surface area contributed by atoms with Crippen LogP contribution in [-0.4, -0.2) is 24.1 Å². The van der Waals surface area contributed by atoms with E-state index in [4.69, 9.17) is 16.3 Å². The molecule has 0 aliphatic heterocycles. The Kier molecular flexibility index (Phi) is 5.00. The van der Waals surface area contributed by atoms with Gasteiger partial charge in [0.25, 0.3) is 11.5 Å². The molecule has 3 aromatic rings. The van der Waals surface area contributed by atoms with Gasteiger partial charge < -0.3 is 14.2 Å². The van der Waals surface area contributed by atoms with E-state index >= 15 is 0 Å². The first kappa shape index (κ1) is 18.0. The van der Waals surface area contributed by atoms with Gasteiger partial charge in [-0.1, -0.05) is 35.9 Å². The van der Waals surface area contributed by atoms with Gasteiger partial charge in [-0.15, -0.1) is 0 Å². The number of aromatic nitrogens is 1. The number of hydrogen-bond donors (Lipinski definition) is 0. The first-order chi connectivity index (χ1) is 12.5. The Labute approximate surface area is 156 Å². The van der Waals surface area contributed by atoms with E-state index in [-0.39, 0.29) is 11.3 Å². The second kappa shape index (κ2) is 7.22. The Morgan fingerprint density at radius 3 is 2.46 bits per heavy atom. The minimum absolute atomic E-state index is 0.0266. The highest BCUT2D eigenvalue weighted by Gasteiger charge is 2.27. The third-order valence-corrected chi connectivity index (χ3v) is 4.69. The van der Waals surface area contributed by atoms with Crippen LogP contribution in [0, 0.1) is 0 Å². The molecule has 0 spiro atoms. The van der Waals surface area contributed by atoms with Gasteiger partial charge in [-0.05, 0) is 31.2 Å². The van der Waals surface area contributed by atoms with Crippen LogP contribution in [0.25, 0.3) is 10.9 Å². The first-order valence-corrected chi connectivity index (χ1v) is 8.61. The molecule has 1 aromatic heterocycles. The number of amides is 1. The molecule has 0 saturated carbocycles. The van der Waals surface area contributed by atoms with E-state index in [1.54, 1.807) is 30.1 Å². The molecule has 0 aliphatic carbocycles. The van der Waals surface area contributed by atoms with Gasteiger partial charge in [0.2, 0.25) is 0 Å². The van der Waals surface area contributed by atoms with Crippen molar-refractivity contribution in [3.05, 3.63) is 69.5 Å². The summed E-state index contributed by atoms with van der Waals surface area (Å²) in [4.78, 5) is 27.8. The molecule has 6 heteroatoms. The number of fused-ring (bicyclic) bond motifs is 1. The van der Waals surface area contributed by atoms with Gasteiger partial charge in [-0.25, -0.2) is 0 Å². The minimum Gasteiger partial charge on any atom is -0.495 e. The van der Waals surface area contributed by atoms with Gasteiger partial charge in [0.05, 0.1) is 23.0 Å². The quantitative estimate of drug-likeness (QED) is 0.700. The number of hydrogen-bond acceptors (Lipinski definition) is 3. The Hall–Kier alpha value is -2.79. The smallest absolute Gasteiger partial charge is 0.267 e. The fraction of sp³-hybridized carbons (Fsp3) is 0.200. The van der Waals surface area contributed by atoms with Crippen molar-refractivity contribution < 1.29 is 9.53 Å². The Morgan fingerprint density at radius 1 is 1.15 bits per heavy atom. The number of rotatable bonds is 4. The summed E-state index contributed by atoms with van der Waals surface area (Å²) in [5.74, 6) is -0.217. The number of aryl methyl sites for hydroxylation is 1. The number of halogens is 1. The van der Waals surface area contributed by atoms with Crippen molar-refractivity contribution in [1.82, 2.24) is 4.57 Å². The monoisotopic (exact) mass is 370 g/mol. The van der Waals surface area contributed by atoms with Crippen molar-refractivity contribution in [1.29, 1.82) is 0 Å². The molecule has 0 N–H and O–H groups in total. The third kappa shape index (κ3) is 2.84. The molecule has 0 saturated heterocycles. The molecular weight excluding hydrogens is 352 g/mol. The highest BCUT2D eigenvalue weighted by molar-refractivity contribution is 6.36. The fourth-order valence-corrected chi connectivity index (χ4v) is 3.35. The lowest BCUT2D eigenvalue weighted by Gasteiger charge is -2.23. The molecule has 2 aromatic carbocycles. The van der Waals surface area contributed by atoms with Crippen LogP contribution in [-0.2, 0) is 7.05 Å². The standard InChI is InChI=1S/C20H19ClN2O3/c1-4-23(13-9-6-5-7-10-13)20(25)17-18(26-3)16-14(21)11-8-12-15(16)22(2)19(17)24/h5-12H,4H2,1-3H3. The molecule has 1 heterocycles. The topological polar surface area (TPSA) is 51.5 Å². The lowest BCUT2D eigenvalue weighted by atomic mass is 10.1. The molecule has 26 heavy (non-hydrogen) atoms. The maximum absolute atomic E-state index is 13.3. The molecule has 134 valence electrons. The highest BCUT2D eigenvalue weighted by atomic mass is 35.5. The molecule has 0 fully saturated rings. The average molecular weight is 371 g/mol. The summed E-state index contributed by atoms with van der Waals surface area (Å²) < 4.78 is 6.91. The van der Waals surface area contributed by atoms with E-state index in [0.29, 0.717) is 28.2 Å². The third-order valence-electron chi connectivity index (χ3n) is 4.37. The SMILES string of the molecule is CCN(C(=O)c1c(OC)c2c(Cl)cccc2n(C)c1=O)c1ccccc1. The molecule has 3 rings (SSSR count). The molecule has 0 radical (unpaired) electrons. The minimum atomic E-state index is -0.420. The molecule has 0 aliphatic rings. The second-order valence-corrected chi connectivity index (χ2v) is 6.20. The number of carbonyl (C=O) groups is 1. The van der Waals surface area contributed by atoms with Crippen LogP contribution in [0.4, 0.5) is 5.69 Å². The average Bonchev–Trinajstić information content (AvgIpc) is 2.66. The zero-order valence-electron chi connectivity index (χ0n) is 14.8. The molecular formula is C20H19ClN2O3. The Bertz CT molecular complexity index is 1030. The fourth-order valence-electron chi connectivity index (χ4n) is 3.10. The second-order valence-electron chi connectivity index (χ2n) is 5.79. The van der Waals surface area contributed by atoms with Crippen molar-refractivity contribution in [2.45, 2.75) is 6.92 Å². The first-order valence-electron chi connectivity index (χ1n) is 8.23. The van der Waals surface area contributed by atoms with Crippen LogP contribution < -0.4 is 15.2 Å². The largest absolute Gasteiger partial charge is 0.495 e. The summed E-state index contributed by atoms with van der Waals surface area (Å²) >= 11 is 6.35. The van der Waals surface area contributed by atoms with Crippen LogP contribution in [0.3, 0.4) is 0 Å². The van der Waals surface area contributed by atoms with E-state index in [1.165, 1.54) is 11.7 Å². The van der Waals surface area contributed by atoms with Crippen LogP contribution >= 0.6 is 11.6 Å². The summed E-state index contributed by atoms with van der Waals surface area (Å²) in [5, 5.41) is 0.970. The predicted molar refractivity (Wildman–Crippen MR) is 105 cm³/mol. The summed E-state index contributed by atoms with van der Waals surface area (Å²) in [6, 6.07) is 14.5. The Morgan fingerprint density at radius 2 is 1.85 bits per heavy atom. The van der Waals surface area contributed by atoms with Crippen molar-refractivity contribution in [3.8, 4) is 5.75 Å². The number of anilines is 1. The molecule has 0 bridgehead atoms. The number of ether oxygens (including phenoxy) is 1. The van der Waals surface area contributed by atoms with Crippen molar-refractivity contribution in [3.63, 3.8) is 0 Å². The van der Waals surface area contributed by atoms with Gasteiger partial charge in [-0.2, -0.15) is 0 Å². The van der Waals surface area contributed by atoms with Crippen LogP contribution in [0.1, 0.15) is 17.3 Å². The van der Waals surface area contributed by atoms with Crippen LogP contribution in [0.2, 0.25) is 5.02 Å². The van der Waals surface area contributed by atoms with Crippen molar-refractivity contribution >= 4 is 34.1 Å². The molecule has 1 amide bonds. The van der Waals surface area contributed by atoms with Gasteiger partial charge >= 0.3 is 0 Å². The zero-order valence-corrected chi connectivity index (χ0v) is 15.6. The summed E-state index contributed by atoms with van der Waals surface area (Å²) in [5.41, 5.74) is 0.874. The maximum Gasteiger partial charge on any atom is 0.267 e. The van der Waals surface area contributed by atoms with Gasteiger partial charge in [0.15, 0.2) is 0 Å². The van der Waals surface area contributed by atoms with E-state index in [0.717, 1.165) is 0 Å². The number of benzene rings is 2. The normalized spacial score (nSPS) is 10.8. The summed E-state index contributed by atoms with van der Waals surface area (Å²) in [6.07, 6.45) is 0. The number of para-hydroxylation sites is 1. The maximum atomic E-state index is 13.3. The molecule has 0 atom stereocenters. The lowest BCUT2D eigenvalue weighted by Crippen LogP contribution is -2.37. The van der Waals surface area contributed by atoms with Crippen LogP contribution in [0.5, 0.6) is 5.75 Å². The van der Waals surface area contributed by atoms with Crippen molar-refractivity contribution in [2.24, 2.45) is 7.05 Å². The predicted octanol–water partition coefficient (Wildman–Crippen LogP) is 3.87. The Balaban J connectivity index is 2.31. The summed E-state index contributed by atoms with van der Waals surface area (Å²) in [7, 11) is 3.06.